The quantitative estimate of drug-likeness (QED) is 0.738. The third-order valence-electron chi connectivity index (χ3n) is 2.97. The highest BCUT2D eigenvalue weighted by molar-refractivity contribution is 5.50. The molecule has 1 unspecified atom stereocenters. The van der Waals surface area contributed by atoms with Crippen LogP contribution in [0, 0.1) is 12.7 Å². The van der Waals surface area contributed by atoms with Crippen molar-refractivity contribution in [3.63, 3.8) is 0 Å². The van der Waals surface area contributed by atoms with Crippen molar-refractivity contribution < 1.29 is 14.6 Å². The van der Waals surface area contributed by atoms with Crippen molar-refractivity contribution in [2.45, 2.75) is 19.9 Å². The molecular weight excluding hydrogens is 245 g/mol. The second-order valence-electron chi connectivity index (χ2n) is 4.59. The van der Waals surface area contributed by atoms with E-state index in [9.17, 15) is 14.6 Å². The third-order valence-corrected chi connectivity index (χ3v) is 2.97. The van der Waals surface area contributed by atoms with Crippen LogP contribution in [-0.4, -0.2) is 10.2 Å². The lowest BCUT2D eigenvalue weighted by molar-refractivity contribution is 0.451. The van der Waals surface area contributed by atoms with Crippen molar-refractivity contribution >= 4 is 5.69 Å². The highest BCUT2D eigenvalue weighted by Gasteiger charge is 2.13. The lowest BCUT2D eigenvalue weighted by Gasteiger charge is -2.17. The summed E-state index contributed by atoms with van der Waals surface area (Å²) in [5.74, 6) is -0.220. The van der Waals surface area contributed by atoms with E-state index in [1.54, 1.807) is 19.1 Å². The summed E-state index contributed by atoms with van der Waals surface area (Å²) in [5, 5.41) is 22.2. The van der Waals surface area contributed by atoms with Crippen molar-refractivity contribution in [2.75, 3.05) is 5.32 Å². The number of hydrogen-bond acceptors (Lipinski definition) is 3. The molecule has 0 radical (unpaired) electrons. The van der Waals surface area contributed by atoms with Crippen LogP contribution in [0.5, 0.6) is 11.5 Å². The predicted molar refractivity (Wildman–Crippen MR) is 72.9 cm³/mol. The van der Waals surface area contributed by atoms with E-state index in [-0.39, 0.29) is 23.4 Å². The van der Waals surface area contributed by atoms with E-state index in [0.717, 1.165) is 5.56 Å². The van der Waals surface area contributed by atoms with Gasteiger partial charge in [-0.15, -0.1) is 0 Å². The van der Waals surface area contributed by atoms with Gasteiger partial charge in [-0.2, -0.15) is 0 Å². The monoisotopic (exact) mass is 261 g/mol. The molecule has 2 rings (SSSR count). The fourth-order valence-electron chi connectivity index (χ4n) is 1.94. The Kier molecular flexibility index (Phi) is 3.60. The maximum Gasteiger partial charge on any atom is 0.146 e. The lowest BCUT2D eigenvalue weighted by Crippen LogP contribution is -2.08. The Morgan fingerprint density at radius 3 is 2.53 bits per heavy atom. The second kappa shape index (κ2) is 5.18. The molecule has 0 fully saturated rings. The summed E-state index contributed by atoms with van der Waals surface area (Å²) in [7, 11) is 0. The van der Waals surface area contributed by atoms with Gasteiger partial charge in [0.05, 0.1) is 11.7 Å². The standard InChI is InChI=1S/C15H16FNO2/c1-9-3-5-14(13(16)7-9)17-10(2)12-8-11(18)4-6-15(12)19/h3-8,10,17-19H,1-2H3. The SMILES string of the molecule is Cc1ccc(NC(C)c2cc(O)ccc2O)c(F)c1. The Hall–Kier alpha value is -2.23. The summed E-state index contributed by atoms with van der Waals surface area (Å²) < 4.78 is 13.7. The molecule has 0 aliphatic rings. The van der Waals surface area contributed by atoms with Crippen LogP contribution in [0.15, 0.2) is 36.4 Å². The minimum atomic E-state index is -0.341. The van der Waals surface area contributed by atoms with Crippen molar-refractivity contribution in [3.8, 4) is 11.5 Å². The number of benzene rings is 2. The molecule has 4 heteroatoms. The molecule has 0 saturated heterocycles. The summed E-state index contributed by atoms with van der Waals surface area (Å²) in [6.07, 6.45) is 0. The molecule has 1 atom stereocenters. The Morgan fingerprint density at radius 1 is 1.11 bits per heavy atom. The minimum absolute atomic E-state index is 0.0605. The van der Waals surface area contributed by atoms with Crippen molar-refractivity contribution in [2.24, 2.45) is 0 Å². The van der Waals surface area contributed by atoms with E-state index >= 15 is 0 Å². The number of anilines is 1. The van der Waals surface area contributed by atoms with Crippen LogP contribution in [0.3, 0.4) is 0 Å². The average Bonchev–Trinajstić information content (AvgIpc) is 2.35. The number of phenols is 2. The normalized spacial score (nSPS) is 12.2. The van der Waals surface area contributed by atoms with Gasteiger partial charge in [0.25, 0.3) is 0 Å². The number of aryl methyl sites for hydroxylation is 1. The van der Waals surface area contributed by atoms with Gasteiger partial charge in [0.1, 0.15) is 17.3 Å². The number of halogens is 1. The van der Waals surface area contributed by atoms with Gasteiger partial charge in [-0.05, 0) is 49.7 Å². The van der Waals surface area contributed by atoms with Crippen LogP contribution in [0.25, 0.3) is 0 Å². The van der Waals surface area contributed by atoms with Crippen molar-refractivity contribution in [3.05, 3.63) is 53.3 Å². The van der Waals surface area contributed by atoms with Gasteiger partial charge in [0.15, 0.2) is 0 Å². The first-order chi connectivity index (χ1) is 8.97. The molecule has 3 N–H and O–H groups in total. The topological polar surface area (TPSA) is 52.5 Å². The number of hydrogen-bond donors (Lipinski definition) is 3. The average molecular weight is 261 g/mol. The Morgan fingerprint density at radius 2 is 1.84 bits per heavy atom. The van der Waals surface area contributed by atoms with Crippen molar-refractivity contribution in [1.29, 1.82) is 0 Å². The summed E-state index contributed by atoms with van der Waals surface area (Å²) >= 11 is 0. The molecule has 0 aliphatic carbocycles. The summed E-state index contributed by atoms with van der Waals surface area (Å²) in [4.78, 5) is 0. The first-order valence-electron chi connectivity index (χ1n) is 6.02. The fraction of sp³-hybridized carbons (Fsp3) is 0.200. The summed E-state index contributed by atoms with van der Waals surface area (Å²) in [6, 6.07) is 8.84. The molecular formula is C15H16FNO2. The molecule has 19 heavy (non-hydrogen) atoms. The molecule has 0 aromatic heterocycles. The molecule has 0 saturated carbocycles. The third kappa shape index (κ3) is 2.96. The predicted octanol–water partition coefficient (Wildman–Crippen LogP) is 3.72. The minimum Gasteiger partial charge on any atom is -0.508 e. The van der Waals surface area contributed by atoms with Gasteiger partial charge in [-0.3, -0.25) is 0 Å². The van der Waals surface area contributed by atoms with Gasteiger partial charge in [-0.25, -0.2) is 4.39 Å². The Bertz CT molecular complexity index is 599. The zero-order valence-electron chi connectivity index (χ0n) is 10.8. The van der Waals surface area contributed by atoms with Crippen LogP contribution < -0.4 is 5.32 Å². The van der Waals surface area contributed by atoms with Gasteiger partial charge < -0.3 is 15.5 Å². The zero-order valence-corrected chi connectivity index (χ0v) is 10.8. The van der Waals surface area contributed by atoms with E-state index in [1.165, 1.54) is 24.3 Å². The molecule has 2 aromatic carbocycles. The number of rotatable bonds is 3. The highest BCUT2D eigenvalue weighted by atomic mass is 19.1. The van der Waals surface area contributed by atoms with Crippen LogP contribution >= 0.6 is 0 Å². The summed E-state index contributed by atoms with van der Waals surface area (Å²) in [6.45, 7) is 3.60. The maximum atomic E-state index is 13.7. The molecule has 0 aliphatic heterocycles. The first kappa shape index (κ1) is 13.2. The molecule has 100 valence electrons. The smallest absolute Gasteiger partial charge is 0.146 e. The van der Waals surface area contributed by atoms with Crippen LogP contribution in [0.4, 0.5) is 10.1 Å². The van der Waals surface area contributed by atoms with E-state index in [2.05, 4.69) is 5.32 Å². The fourth-order valence-corrected chi connectivity index (χ4v) is 1.94. The largest absolute Gasteiger partial charge is 0.508 e. The maximum absolute atomic E-state index is 13.7. The number of phenolic OH excluding ortho intramolecular Hbond substituents is 2. The van der Waals surface area contributed by atoms with Gasteiger partial charge >= 0.3 is 0 Å². The van der Waals surface area contributed by atoms with Crippen LogP contribution in [0.2, 0.25) is 0 Å². The highest BCUT2D eigenvalue weighted by Crippen LogP contribution is 2.30. The van der Waals surface area contributed by atoms with Gasteiger partial charge in [0, 0.05) is 5.56 Å². The Balaban J connectivity index is 2.25. The molecule has 3 nitrogen and oxygen atoms in total. The second-order valence-corrected chi connectivity index (χ2v) is 4.59. The number of aromatic hydroxyl groups is 2. The van der Waals surface area contributed by atoms with E-state index < -0.39 is 0 Å². The van der Waals surface area contributed by atoms with E-state index in [1.807, 2.05) is 6.92 Å². The summed E-state index contributed by atoms with van der Waals surface area (Å²) in [5.41, 5.74) is 1.72. The van der Waals surface area contributed by atoms with E-state index in [4.69, 9.17) is 0 Å². The first-order valence-corrected chi connectivity index (χ1v) is 6.02. The molecule has 2 aromatic rings. The Labute approximate surface area is 111 Å². The van der Waals surface area contributed by atoms with E-state index in [0.29, 0.717) is 11.3 Å². The van der Waals surface area contributed by atoms with Crippen LogP contribution in [0.1, 0.15) is 24.1 Å². The lowest BCUT2D eigenvalue weighted by atomic mass is 10.1. The zero-order chi connectivity index (χ0) is 14.0. The van der Waals surface area contributed by atoms with Crippen LogP contribution in [-0.2, 0) is 0 Å². The van der Waals surface area contributed by atoms with Gasteiger partial charge in [0.2, 0.25) is 0 Å². The molecule has 0 spiro atoms. The van der Waals surface area contributed by atoms with Crippen molar-refractivity contribution in [1.82, 2.24) is 0 Å². The molecule has 0 bridgehead atoms. The molecule has 0 amide bonds. The number of nitrogens with one attached hydrogen (secondary N) is 1. The van der Waals surface area contributed by atoms with Gasteiger partial charge in [-0.1, -0.05) is 6.07 Å². The molecule has 0 heterocycles.